The van der Waals surface area contributed by atoms with Gasteiger partial charge in [-0.2, -0.15) is 0 Å². The summed E-state index contributed by atoms with van der Waals surface area (Å²) in [6.07, 6.45) is 1.46. The monoisotopic (exact) mass is 376 g/mol. The maximum atomic E-state index is 12.2. The average Bonchev–Trinajstić information content (AvgIpc) is 2.64. The highest BCUT2D eigenvalue weighted by Crippen LogP contribution is 2.16. The van der Waals surface area contributed by atoms with E-state index >= 15 is 0 Å². The number of carbonyl (C=O) groups is 1. The van der Waals surface area contributed by atoms with Crippen molar-refractivity contribution in [3.8, 4) is 0 Å². The number of benzene rings is 2. The predicted molar refractivity (Wildman–Crippen MR) is 101 cm³/mol. The van der Waals surface area contributed by atoms with Gasteiger partial charge in [-0.25, -0.2) is 13.1 Å². The van der Waals surface area contributed by atoms with Gasteiger partial charge in [0, 0.05) is 29.3 Å². The van der Waals surface area contributed by atoms with Gasteiger partial charge in [-0.15, -0.1) is 18.3 Å². The van der Waals surface area contributed by atoms with Gasteiger partial charge in [0.2, 0.25) is 10.0 Å². The third kappa shape index (κ3) is 6.04. The van der Waals surface area contributed by atoms with Gasteiger partial charge in [0.25, 0.3) is 5.91 Å². The van der Waals surface area contributed by atoms with Crippen LogP contribution >= 0.6 is 11.8 Å². The molecular weight excluding hydrogens is 356 g/mol. The normalized spacial score (nSPS) is 11.0. The molecule has 5 nitrogen and oxygen atoms in total. The number of sulfonamides is 1. The van der Waals surface area contributed by atoms with Crippen LogP contribution in [0, 0.1) is 0 Å². The second-order valence-electron chi connectivity index (χ2n) is 5.09. The first-order valence-corrected chi connectivity index (χ1v) is 10.2. The molecule has 132 valence electrons. The molecule has 0 radical (unpaired) electrons. The van der Waals surface area contributed by atoms with E-state index in [2.05, 4.69) is 16.6 Å². The molecule has 0 atom stereocenters. The van der Waals surface area contributed by atoms with E-state index in [0.29, 0.717) is 12.1 Å². The molecule has 0 aromatic heterocycles. The summed E-state index contributed by atoms with van der Waals surface area (Å²) in [4.78, 5) is 13.4. The van der Waals surface area contributed by atoms with Crippen molar-refractivity contribution >= 4 is 27.7 Å². The highest BCUT2D eigenvalue weighted by atomic mass is 32.2. The lowest BCUT2D eigenvalue weighted by Crippen LogP contribution is -2.27. The van der Waals surface area contributed by atoms with Gasteiger partial charge in [0.15, 0.2) is 0 Å². The smallest absolute Gasteiger partial charge is 0.251 e. The van der Waals surface area contributed by atoms with Crippen molar-refractivity contribution < 1.29 is 13.2 Å². The van der Waals surface area contributed by atoms with Gasteiger partial charge in [0.1, 0.15) is 0 Å². The van der Waals surface area contributed by atoms with Crippen LogP contribution in [-0.4, -0.2) is 33.2 Å². The molecule has 0 heterocycles. The number of thioether (sulfide) groups is 1. The van der Waals surface area contributed by atoms with Crippen LogP contribution < -0.4 is 10.0 Å². The fourth-order valence-corrected chi connectivity index (χ4v) is 3.84. The minimum atomic E-state index is -3.65. The second kappa shape index (κ2) is 9.41. The highest BCUT2D eigenvalue weighted by Gasteiger charge is 2.15. The quantitative estimate of drug-likeness (QED) is 0.401. The van der Waals surface area contributed by atoms with Crippen molar-refractivity contribution in [2.24, 2.45) is 0 Å². The molecule has 0 aliphatic heterocycles. The summed E-state index contributed by atoms with van der Waals surface area (Å²) in [5.41, 5.74) is 0.311. The summed E-state index contributed by atoms with van der Waals surface area (Å²) in [5.74, 6) is 0.434. The lowest BCUT2D eigenvalue weighted by Gasteiger charge is -2.08. The van der Waals surface area contributed by atoms with Crippen molar-refractivity contribution in [3.63, 3.8) is 0 Å². The Kier molecular flexibility index (Phi) is 7.24. The van der Waals surface area contributed by atoms with Gasteiger partial charge >= 0.3 is 0 Å². The molecule has 2 aromatic carbocycles. The summed E-state index contributed by atoms with van der Waals surface area (Å²) in [6, 6.07) is 15.9. The van der Waals surface area contributed by atoms with E-state index in [-0.39, 0.29) is 17.3 Å². The zero-order valence-corrected chi connectivity index (χ0v) is 15.3. The van der Waals surface area contributed by atoms with Crippen LogP contribution in [0.1, 0.15) is 10.4 Å². The standard InChI is InChI=1S/C18H20N2O3S2/c1-2-11-20-25(22,23)17-10-6-7-15(14-17)18(21)19-12-13-24-16-8-4-3-5-9-16/h2-10,14,20H,1,11-13H2,(H,19,21). The second-order valence-corrected chi connectivity index (χ2v) is 8.02. The number of nitrogens with one attached hydrogen (secondary N) is 2. The van der Waals surface area contributed by atoms with E-state index in [1.807, 2.05) is 30.3 Å². The van der Waals surface area contributed by atoms with Crippen LogP contribution in [0.3, 0.4) is 0 Å². The van der Waals surface area contributed by atoms with E-state index in [1.54, 1.807) is 23.9 Å². The Hall–Kier alpha value is -2.09. The third-order valence-electron chi connectivity index (χ3n) is 3.22. The van der Waals surface area contributed by atoms with Crippen LogP contribution in [0.25, 0.3) is 0 Å². The summed E-state index contributed by atoms with van der Waals surface area (Å²) >= 11 is 1.64. The molecule has 0 saturated carbocycles. The van der Waals surface area contributed by atoms with Crippen LogP contribution in [0.5, 0.6) is 0 Å². The lowest BCUT2D eigenvalue weighted by atomic mass is 10.2. The van der Waals surface area contributed by atoms with Gasteiger partial charge < -0.3 is 5.32 Å². The number of hydrogen-bond acceptors (Lipinski definition) is 4. The first-order valence-electron chi connectivity index (χ1n) is 7.69. The Morgan fingerprint density at radius 1 is 1.12 bits per heavy atom. The Morgan fingerprint density at radius 2 is 1.88 bits per heavy atom. The van der Waals surface area contributed by atoms with E-state index in [1.165, 1.54) is 18.2 Å². The molecule has 0 aliphatic rings. The van der Waals surface area contributed by atoms with Crippen molar-refractivity contribution in [3.05, 3.63) is 72.8 Å². The third-order valence-corrected chi connectivity index (χ3v) is 5.66. The number of hydrogen-bond donors (Lipinski definition) is 2. The molecule has 0 fully saturated rings. The highest BCUT2D eigenvalue weighted by molar-refractivity contribution is 7.99. The SMILES string of the molecule is C=CCNS(=O)(=O)c1cccc(C(=O)NCCSc2ccccc2)c1. The fourth-order valence-electron chi connectivity index (χ4n) is 2.01. The molecule has 7 heteroatoms. The lowest BCUT2D eigenvalue weighted by molar-refractivity contribution is 0.0956. The Morgan fingerprint density at radius 3 is 2.60 bits per heavy atom. The Labute approximate surface area is 152 Å². The molecular formula is C18H20N2O3S2. The first-order chi connectivity index (χ1) is 12.0. The van der Waals surface area contributed by atoms with Crippen LogP contribution in [0.4, 0.5) is 0 Å². The number of rotatable bonds is 9. The van der Waals surface area contributed by atoms with Gasteiger partial charge in [-0.1, -0.05) is 30.3 Å². The van der Waals surface area contributed by atoms with Crippen molar-refractivity contribution in [2.45, 2.75) is 9.79 Å². The molecule has 0 bridgehead atoms. The van der Waals surface area contributed by atoms with Crippen LogP contribution in [0.2, 0.25) is 0 Å². The molecule has 1 amide bonds. The molecule has 25 heavy (non-hydrogen) atoms. The van der Waals surface area contributed by atoms with Gasteiger partial charge in [-0.05, 0) is 30.3 Å². The molecule has 0 unspecified atom stereocenters. The predicted octanol–water partition coefficient (Wildman–Crippen LogP) is 2.67. The minimum Gasteiger partial charge on any atom is -0.351 e. The minimum absolute atomic E-state index is 0.0562. The van der Waals surface area contributed by atoms with Crippen molar-refractivity contribution in [2.75, 3.05) is 18.8 Å². The summed E-state index contributed by atoms with van der Waals surface area (Å²) < 4.78 is 26.6. The molecule has 0 saturated heterocycles. The average molecular weight is 377 g/mol. The maximum Gasteiger partial charge on any atom is 0.251 e. The van der Waals surface area contributed by atoms with E-state index < -0.39 is 10.0 Å². The topological polar surface area (TPSA) is 75.3 Å². The van der Waals surface area contributed by atoms with Gasteiger partial charge in [0.05, 0.1) is 4.90 Å². The largest absolute Gasteiger partial charge is 0.351 e. The fraction of sp³-hybridized carbons (Fsp3) is 0.167. The first kappa shape index (κ1) is 19.2. The zero-order chi connectivity index (χ0) is 18.1. The van der Waals surface area contributed by atoms with Crippen LogP contribution in [-0.2, 0) is 10.0 Å². The Balaban J connectivity index is 1.91. The Bertz CT molecular complexity index is 821. The van der Waals surface area contributed by atoms with Crippen LogP contribution in [0.15, 0.2) is 77.0 Å². The van der Waals surface area contributed by atoms with E-state index in [4.69, 9.17) is 0 Å². The molecule has 2 N–H and O–H groups in total. The molecule has 2 rings (SSSR count). The number of carbonyl (C=O) groups excluding carboxylic acids is 1. The summed E-state index contributed by atoms with van der Waals surface area (Å²) in [7, 11) is -3.65. The van der Waals surface area contributed by atoms with E-state index in [0.717, 1.165) is 10.6 Å². The molecule has 2 aromatic rings. The molecule has 0 spiro atoms. The van der Waals surface area contributed by atoms with E-state index in [9.17, 15) is 13.2 Å². The summed E-state index contributed by atoms with van der Waals surface area (Å²) in [5, 5.41) is 2.80. The molecule has 0 aliphatic carbocycles. The van der Waals surface area contributed by atoms with Gasteiger partial charge in [-0.3, -0.25) is 4.79 Å². The van der Waals surface area contributed by atoms with Crippen molar-refractivity contribution in [1.82, 2.24) is 10.0 Å². The number of amides is 1. The zero-order valence-electron chi connectivity index (χ0n) is 13.6. The van der Waals surface area contributed by atoms with Crippen molar-refractivity contribution in [1.29, 1.82) is 0 Å². The summed E-state index contributed by atoms with van der Waals surface area (Å²) in [6.45, 7) is 4.10. The maximum absolute atomic E-state index is 12.2.